The van der Waals surface area contributed by atoms with E-state index < -0.39 is 0 Å². The summed E-state index contributed by atoms with van der Waals surface area (Å²) in [6, 6.07) is 2.01. The maximum absolute atomic E-state index is 8.21. The van der Waals surface area contributed by atoms with Crippen LogP contribution in [0.25, 0.3) is 0 Å². The van der Waals surface area contributed by atoms with Crippen LogP contribution in [0.15, 0.2) is 12.2 Å². The third kappa shape index (κ3) is 7.52. The lowest BCUT2D eigenvalue weighted by atomic mass is 10.1. The van der Waals surface area contributed by atoms with E-state index in [0.29, 0.717) is 5.57 Å². The average molecular weight is 146 g/mol. The molecule has 0 aliphatic heterocycles. The molecule has 2 heteroatoms. The predicted molar refractivity (Wildman–Crippen MR) is 41.5 cm³/mol. The van der Waals surface area contributed by atoms with E-state index in [1.54, 1.807) is 0 Å². The first kappa shape index (κ1) is 11.3. The molecule has 52 valence electrons. The maximum atomic E-state index is 8.21. The van der Waals surface area contributed by atoms with Crippen LogP contribution in [0, 0.1) is 11.3 Å². The summed E-state index contributed by atoms with van der Waals surface area (Å²) in [6.45, 7) is 5.65. The van der Waals surface area contributed by atoms with Gasteiger partial charge in [0.2, 0.25) is 0 Å². The molecule has 0 fully saturated rings. The molecule has 0 aliphatic carbocycles. The van der Waals surface area contributed by atoms with Crippen LogP contribution in [0.5, 0.6) is 0 Å². The van der Waals surface area contributed by atoms with E-state index in [4.69, 9.17) is 5.26 Å². The van der Waals surface area contributed by atoms with E-state index in [2.05, 4.69) is 13.5 Å². The molecular weight excluding hydrogens is 134 g/mol. The molecule has 9 heavy (non-hydrogen) atoms. The molecule has 0 aromatic heterocycles. The zero-order chi connectivity index (χ0) is 6.41. The largest absolute Gasteiger partial charge is 0.193 e. The van der Waals surface area contributed by atoms with Crippen molar-refractivity contribution in [2.75, 3.05) is 0 Å². The summed E-state index contributed by atoms with van der Waals surface area (Å²) in [5, 5.41) is 8.21. The van der Waals surface area contributed by atoms with Crippen molar-refractivity contribution < 1.29 is 0 Å². The molecule has 0 N–H and O–H groups in total. The highest BCUT2D eigenvalue weighted by atomic mass is 35.5. The van der Waals surface area contributed by atoms with Gasteiger partial charge in [-0.2, -0.15) is 5.26 Å². The fraction of sp³-hybridized carbons (Fsp3) is 0.571. The highest BCUT2D eigenvalue weighted by molar-refractivity contribution is 5.85. The maximum Gasteiger partial charge on any atom is 0.0940 e. The minimum atomic E-state index is 0. The summed E-state index contributed by atoms with van der Waals surface area (Å²) in [7, 11) is 0. The van der Waals surface area contributed by atoms with Gasteiger partial charge in [0.25, 0.3) is 0 Å². The van der Waals surface area contributed by atoms with Crippen LogP contribution < -0.4 is 0 Å². The number of nitriles is 1. The lowest BCUT2D eigenvalue weighted by molar-refractivity contribution is 0.801. The van der Waals surface area contributed by atoms with Crippen LogP contribution in [0.2, 0.25) is 0 Å². The fourth-order valence-electron chi connectivity index (χ4n) is 0.446. The Morgan fingerprint density at radius 3 is 2.56 bits per heavy atom. The molecule has 0 spiro atoms. The van der Waals surface area contributed by atoms with Gasteiger partial charge < -0.3 is 0 Å². The number of unbranched alkanes of at least 4 members (excludes halogenated alkanes) is 1. The zero-order valence-corrected chi connectivity index (χ0v) is 6.50. The summed E-state index contributed by atoms with van der Waals surface area (Å²) in [6.07, 6.45) is 3.10. The second kappa shape index (κ2) is 7.52. The molecule has 0 rings (SSSR count). The molecule has 0 heterocycles. The molecule has 0 amide bonds. The number of hydrogen-bond donors (Lipinski definition) is 0. The number of halogens is 1. The van der Waals surface area contributed by atoms with Crippen molar-refractivity contribution in [1.29, 1.82) is 5.26 Å². The normalized spacial score (nSPS) is 7.11. The average Bonchev–Trinajstić information content (AvgIpc) is 1.83. The lowest BCUT2D eigenvalue weighted by Gasteiger charge is -1.89. The lowest BCUT2D eigenvalue weighted by Crippen LogP contribution is -1.74. The zero-order valence-electron chi connectivity index (χ0n) is 5.68. The Hall–Kier alpha value is -0.480. The van der Waals surface area contributed by atoms with Gasteiger partial charge >= 0.3 is 0 Å². The van der Waals surface area contributed by atoms with E-state index in [9.17, 15) is 0 Å². The monoisotopic (exact) mass is 145 g/mol. The van der Waals surface area contributed by atoms with E-state index in [0.717, 1.165) is 19.3 Å². The van der Waals surface area contributed by atoms with E-state index in [1.807, 2.05) is 6.07 Å². The number of allylic oxidation sites excluding steroid dienone is 1. The van der Waals surface area contributed by atoms with Crippen LogP contribution >= 0.6 is 12.4 Å². The Labute approximate surface area is 62.8 Å². The number of nitrogens with zero attached hydrogens (tertiary/aromatic N) is 1. The van der Waals surface area contributed by atoms with Gasteiger partial charge in [0.15, 0.2) is 0 Å². The molecule has 0 aromatic carbocycles. The molecule has 0 unspecified atom stereocenters. The summed E-state index contributed by atoms with van der Waals surface area (Å²) >= 11 is 0. The third-order valence-corrected chi connectivity index (χ3v) is 0.990. The van der Waals surface area contributed by atoms with Gasteiger partial charge in [-0.05, 0) is 12.8 Å². The van der Waals surface area contributed by atoms with Gasteiger partial charge in [0.05, 0.1) is 6.07 Å². The minimum Gasteiger partial charge on any atom is -0.193 e. The third-order valence-electron chi connectivity index (χ3n) is 0.990. The molecule has 0 aromatic rings. The second-order valence-corrected chi connectivity index (χ2v) is 1.82. The quantitative estimate of drug-likeness (QED) is 0.561. The van der Waals surface area contributed by atoms with Crippen LogP contribution in [0.3, 0.4) is 0 Å². The second-order valence-electron chi connectivity index (χ2n) is 1.82. The van der Waals surface area contributed by atoms with E-state index in [-0.39, 0.29) is 12.4 Å². The standard InChI is InChI=1S/C7H11N.ClH/c1-3-4-5-7(2)6-8;/h2-5H2,1H3;1H. The van der Waals surface area contributed by atoms with Crippen molar-refractivity contribution in [3.63, 3.8) is 0 Å². The highest BCUT2D eigenvalue weighted by Crippen LogP contribution is 2.01. The number of rotatable bonds is 3. The van der Waals surface area contributed by atoms with Crippen LogP contribution in [0.4, 0.5) is 0 Å². The van der Waals surface area contributed by atoms with Crippen LogP contribution in [-0.4, -0.2) is 0 Å². The van der Waals surface area contributed by atoms with Crippen molar-refractivity contribution in [1.82, 2.24) is 0 Å². The molecular formula is C7H12ClN. The Bertz CT molecular complexity index is 113. The van der Waals surface area contributed by atoms with Gasteiger partial charge in [-0.25, -0.2) is 0 Å². The molecule has 0 aliphatic rings. The van der Waals surface area contributed by atoms with Crippen LogP contribution in [0.1, 0.15) is 26.2 Å². The van der Waals surface area contributed by atoms with Crippen molar-refractivity contribution >= 4 is 12.4 Å². The molecule has 0 saturated heterocycles. The first-order chi connectivity index (χ1) is 3.81. The molecule has 0 radical (unpaired) electrons. The van der Waals surface area contributed by atoms with Crippen LogP contribution in [-0.2, 0) is 0 Å². The van der Waals surface area contributed by atoms with Crippen molar-refractivity contribution in [2.45, 2.75) is 26.2 Å². The Kier molecular flexibility index (Phi) is 9.47. The Balaban J connectivity index is 0. The first-order valence-corrected chi connectivity index (χ1v) is 2.89. The minimum absolute atomic E-state index is 0. The van der Waals surface area contributed by atoms with Gasteiger partial charge in [-0.15, -0.1) is 12.4 Å². The topological polar surface area (TPSA) is 23.8 Å². The van der Waals surface area contributed by atoms with Gasteiger partial charge in [-0.1, -0.05) is 19.9 Å². The Morgan fingerprint density at radius 2 is 2.22 bits per heavy atom. The summed E-state index contributed by atoms with van der Waals surface area (Å²) in [5.74, 6) is 0. The number of hydrogen-bond acceptors (Lipinski definition) is 1. The summed E-state index contributed by atoms with van der Waals surface area (Å²) in [5.41, 5.74) is 0.701. The predicted octanol–water partition coefficient (Wildman–Crippen LogP) is 2.68. The van der Waals surface area contributed by atoms with Crippen molar-refractivity contribution in [3.05, 3.63) is 12.2 Å². The SMILES string of the molecule is C=C(C#N)CCCC.Cl. The van der Waals surface area contributed by atoms with Gasteiger partial charge in [-0.3, -0.25) is 0 Å². The molecule has 0 atom stereocenters. The molecule has 0 saturated carbocycles. The smallest absolute Gasteiger partial charge is 0.0940 e. The summed E-state index contributed by atoms with van der Waals surface area (Å²) < 4.78 is 0. The van der Waals surface area contributed by atoms with Gasteiger partial charge in [0.1, 0.15) is 0 Å². The van der Waals surface area contributed by atoms with E-state index >= 15 is 0 Å². The van der Waals surface area contributed by atoms with E-state index in [1.165, 1.54) is 0 Å². The molecule has 0 bridgehead atoms. The van der Waals surface area contributed by atoms with Gasteiger partial charge in [0, 0.05) is 5.57 Å². The fourth-order valence-corrected chi connectivity index (χ4v) is 0.446. The summed E-state index contributed by atoms with van der Waals surface area (Å²) in [4.78, 5) is 0. The highest BCUT2D eigenvalue weighted by Gasteiger charge is 1.86. The molecule has 1 nitrogen and oxygen atoms in total. The van der Waals surface area contributed by atoms with Crippen molar-refractivity contribution in [3.8, 4) is 6.07 Å². The first-order valence-electron chi connectivity index (χ1n) is 2.89. The Morgan fingerprint density at radius 1 is 1.67 bits per heavy atom. The van der Waals surface area contributed by atoms with Crippen molar-refractivity contribution in [2.24, 2.45) is 0 Å².